The number of carbonyl (C=O) groups is 2. The number of benzene rings is 2. The van der Waals surface area contributed by atoms with Gasteiger partial charge in [0, 0.05) is 25.2 Å². The lowest BCUT2D eigenvalue weighted by atomic mass is 10.1. The second-order valence-corrected chi connectivity index (χ2v) is 10.7. The average molecular weight is 559 g/mol. The lowest BCUT2D eigenvalue weighted by Gasteiger charge is -2.19. The van der Waals surface area contributed by atoms with Crippen LogP contribution in [0.2, 0.25) is 0 Å². The molecule has 36 heavy (non-hydrogen) atoms. The largest absolute Gasteiger partial charge is 0.291 e. The second-order valence-electron chi connectivity index (χ2n) is 7.30. The molecule has 0 saturated carbocycles. The first-order valence-corrected chi connectivity index (χ1v) is 12.6. The Morgan fingerprint density at radius 2 is 1.08 bits per heavy atom. The third kappa shape index (κ3) is 5.21. The van der Waals surface area contributed by atoms with Crippen molar-refractivity contribution in [3.8, 4) is 0 Å². The lowest BCUT2D eigenvalue weighted by Crippen LogP contribution is -2.39. The van der Waals surface area contributed by atoms with Gasteiger partial charge in [0.15, 0.2) is 0 Å². The van der Waals surface area contributed by atoms with E-state index in [1.54, 1.807) is 12.1 Å². The smallest absolute Gasteiger partial charge is 0.276 e. The van der Waals surface area contributed by atoms with Crippen LogP contribution in [0.15, 0.2) is 58.3 Å². The van der Waals surface area contributed by atoms with Crippen LogP contribution in [-0.2, 0) is 9.59 Å². The number of carbonyl (C=O) groups excluding carboxylic acids is 2. The number of nitro groups is 2. The SMILES string of the molecule is O=C1C(=Cc2ccccc2[N+](=O)[O-])SC(=S)N1CCN1C(=O)C(=Cc2ccccc2[N+](=O)[O-])SC1=S. The van der Waals surface area contributed by atoms with Crippen molar-refractivity contribution in [2.24, 2.45) is 0 Å². The summed E-state index contributed by atoms with van der Waals surface area (Å²) >= 11 is 12.7. The molecule has 0 N–H and O–H groups in total. The predicted molar refractivity (Wildman–Crippen MR) is 146 cm³/mol. The van der Waals surface area contributed by atoms with Gasteiger partial charge in [0.2, 0.25) is 0 Å². The molecule has 2 fully saturated rings. The molecule has 2 saturated heterocycles. The minimum Gasteiger partial charge on any atom is -0.291 e. The molecule has 2 aliphatic heterocycles. The van der Waals surface area contributed by atoms with Crippen LogP contribution in [0.5, 0.6) is 0 Å². The summed E-state index contributed by atoms with van der Waals surface area (Å²) in [5.41, 5.74) is 0.289. The Balaban J connectivity index is 1.48. The molecule has 0 unspecified atom stereocenters. The Hall–Kier alpha value is -3.46. The highest BCUT2D eigenvalue weighted by Crippen LogP contribution is 2.36. The summed E-state index contributed by atoms with van der Waals surface area (Å²) < 4.78 is 0.511. The topological polar surface area (TPSA) is 127 Å². The van der Waals surface area contributed by atoms with E-state index in [9.17, 15) is 29.8 Å². The molecule has 0 spiro atoms. The van der Waals surface area contributed by atoms with E-state index in [0.29, 0.717) is 0 Å². The molecule has 2 aromatic carbocycles. The molecule has 0 aromatic heterocycles. The molecule has 0 bridgehead atoms. The maximum Gasteiger partial charge on any atom is 0.276 e. The van der Waals surface area contributed by atoms with Crippen LogP contribution in [-0.4, -0.2) is 53.2 Å². The van der Waals surface area contributed by atoms with Gasteiger partial charge in [0.1, 0.15) is 8.64 Å². The van der Waals surface area contributed by atoms with E-state index >= 15 is 0 Å². The summed E-state index contributed by atoms with van der Waals surface area (Å²) in [5.74, 6) is -0.854. The first kappa shape index (κ1) is 25.6. The van der Waals surface area contributed by atoms with Crippen molar-refractivity contribution in [3.05, 3.63) is 89.7 Å². The molecule has 0 radical (unpaired) electrons. The Morgan fingerprint density at radius 1 is 0.722 bits per heavy atom. The van der Waals surface area contributed by atoms with Crippen LogP contribution in [0.4, 0.5) is 11.4 Å². The molecule has 182 valence electrons. The molecule has 2 aromatic rings. The van der Waals surface area contributed by atoms with E-state index in [-0.39, 0.29) is 54.0 Å². The second kappa shape index (κ2) is 10.7. The molecule has 2 heterocycles. The van der Waals surface area contributed by atoms with E-state index in [2.05, 4.69) is 0 Å². The van der Waals surface area contributed by atoms with Crippen molar-refractivity contribution >= 4 is 91.9 Å². The summed E-state index contributed by atoms with van der Waals surface area (Å²) in [7, 11) is 0. The normalized spacial score (nSPS) is 18.1. The third-order valence-corrected chi connectivity index (χ3v) is 7.89. The minimum atomic E-state index is -0.528. The lowest BCUT2D eigenvalue weighted by molar-refractivity contribution is -0.385. The van der Waals surface area contributed by atoms with Gasteiger partial charge in [-0.25, -0.2) is 0 Å². The van der Waals surface area contributed by atoms with Crippen LogP contribution in [0.25, 0.3) is 12.2 Å². The Kier molecular flexibility index (Phi) is 7.59. The maximum atomic E-state index is 12.9. The predicted octanol–water partition coefficient (Wildman–Crippen LogP) is 4.61. The fraction of sp³-hybridized carbons (Fsp3) is 0.0909. The molecule has 4 rings (SSSR count). The van der Waals surface area contributed by atoms with Gasteiger partial charge >= 0.3 is 0 Å². The van der Waals surface area contributed by atoms with E-state index in [0.717, 1.165) is 23.5 Å². The van der Waals surface area contributed by atoms with Gasteiger partial charge in [-0.1, -0.05) is 72.2 Å². The van der Waals surface area contributed by atoms with Crippen LogP contribution in [0.1, 0.15) is 11.1 Å². The van der Waals surface area contributed by atoms with Crippen LogP contribution in [0, 0.1) is 20.2 Å². The number of hydrogen-bond acceptors (Lipinski definition) is 10. The molecule has 2 aliphatic rings. The molecular weight excluding hydrogens is 545 g/mol. The number of nitro benzene ring substituents is 2. The molecule has 0 aliphatic carbocycles. The van der Waals surface area contributed by atoms with E-state index in [4.69, 9.17) is 24.4 Å². The number of thiocarbonyl (C=S) groups is 2. The van der Waals surface area contributed by atoms with Gasteiger partial charge < -0.3 is 0 Å². The molecule has 0 atom stereocenters. The fourth-order valence-corrected chi connectivity index (χ4v) is 6.02. The quantitative estimate of drug-likeness (QED) is 0.206. The number of para-hydroxylation sites is 2. The zero-order chi connectivity index (χ0) is 26.0. The van der Waals surface area contributed by atoms with Crippen molar-refractivity contribution in [3.63, 3.8) is 0 Å². The highest BCUT2D eigenvalue weighted by atomic mass is 32.2. The summed E-state index contributed by atoms with van der Waals surface area (Å²) in [4.78, 5) is 50.4. The molecular formula is C22H14N4O6S4. The number of amides is 2. The van der Waals surface area contributed by atoms with Crippen molar-refractivity contribution < 1.29 is 19.4 Å². The zero-order valence-electron chi connectivity index (χ0n) is 18.1. The van der Waals surface area contributed by atoms with Crippen LogP contribution < -0.4 is 0 Å². The fourth-order valence-electron chi connectivity index (χ4n) is 3.42. The van der Waals surface area contributed by atoms with Crippen LogP contribution >= 0.6 is 48.0 Å². The highest BCUT2D eigenvalue weighted by molar-refractivity contribution is 8.27. The number of hydrogen-bond donors (Lipinski definition) is 0. The van der Waals surface area contributed by atoms with Crippen molar-refractivity contribution in [2.75, 3.05) is 13.1 Å². The first-order chi connectivity index (χ1) is 17.2. The Labute approximate surface area is 223 Å². The van der Waals surface area contributed by atoms with Gasteiger partial charge in [-0.05, 0) is 24.3 Å². The molecule has 14 heteroatoms. The monoisotopic (exact) mass is 558 g/mol. The van der Waals surface area contributed by atoms with Gasteiger partial charge in [-0.2, -0.15) is 0 Å². The zero-order valence-corrected chi connectivity index (χ0v) is 21.3. The van der Waals surface area contributed by atoms with Gasteiger partial charge in [-0.3, -0.25) is 39.6 Å². The molecule has 2 amide bonds. The Bertz CT molecular complexity index is 1300. The summed E-state index contributed by atoms with van der Waals surface area (Å²) in [5, 5.41) is 22.5. The number of rotatable bonds is 7. The van der Waals surface area contributed by atoms with Gasteiger partial charge in [-0.15, -0.1) is 0 Å². The van der Waals surface area contributed by atoms with Crippen LogP contribution in [0.3, 0.4) is 0 Å². The summed E-state index contributed by atoms with van der Waals surface area (Å²) in [6.07, 6.45) is 2.85. The summed E-state index contributed by atoms with van der Waals surface area (Å²) in [6, 6.07) is 12.1. The minimum absolute atomic E-state index is 0.0596. The first-order valence-electron chi connectivity index (χ1n) is 10.1. The molecule has 10 nitrogen and oxygen atoms in total. The Morgan fingerprint density at radius 3 is 1.44 bits per heavy atom. The van der Waals surface area contributed by atoms with Gasteiger partial charge in [0.25, 0.3) is 23.2 Å². The van der Waals surface area contributed by atoms with Gasteiger partial charge in [0.05, 0.1) is 30.8 Å². The van der Waals surface area contributed by atoms with E-state index in [1.165, 1.54) is 58.4 Å². The van der Waals surface area contributed by atoms with Crippen molar-refractivity contribution in [1.82, 2.24) is 9.80 Å². The number of thioether (sulfide) groups is 2. The summed E-state index contributed by atoms with van der Waals surface area (Å²) in [6.45, 7) is 0.119. The third-order valence-electron chi connectivity index (χ3n) is 5.13. The van der Waals surface area contributed by atoms with E-state index in [1.807, 2.05) is 0 Å². The van der Waals surface area contributed by atoms with Crippen molar-refractivity contribution in [2.45, 2.75) is 0 Å². The number of nitrogens with zero attached hydrogens (tertiary/aromatic N) is 4. The highest BCUT2D eigenvalue weighted by Gasteiger charge is 2.36. The van der Waals surface area contributed by atoms with E-state index < -0.39 is 21.7 Å². The van der Waals surface area contributed by atoms with Crippen molar-refractivity contribution in [1.29, 1.82) is 0 Å². The average Bonchev–Trinajstić information content (AvgIpc) is 3.26. The maximum absolute atomic E-state index is 12.9. The standard InChI is InChI=1S/C22H14N4O6S4/c27-19-17(11-13-5-1-3-7-15(13)25(29)30)35-21(33)23(19)9-10-24-20(28)18(36-22(24)34)12-14-6-2-4-8-16(14)26(31)32/h1-8,11-12H,9-10H2.